The standard InChI is InChI=1S/C17H22FN5/c18-13-9-5-6-10-14(13)23-17-15(19)16(20-11-21-17)22-12-7-3-1-2-4-8-12/h5-6,9-12H,1-4,7-8,19H2,(H2,20,21,22,23). The maximum atomic E-state index is 13.8. The lowest BCUT2D eigenvalue weighted by Gasteiger charge is -2.19. The number of nitrogens with zero attached hydrogens (tertiary/aromatic N) is 2. The van der Waals surface area contributed by atoms with Gasteiger partial charge < -0.3 is 16.4 Å². The van der Waals surface area contributed by atoms with E-state index in [2.05, 4.69) is 20.6 Å². The Morgan fingerprint density at radius 3 is 2.43 bits per heavy atom. The summed E-state index contributed by atoms with van der Waals surface area (Å²) in [5.41, 5.74) is 6.93. The fourth-order valence-electron chi connectivity index (χ4n) is 2.92. The smallest absolute Gasteiger partial charge is 0.159 e. The minimum atomic E-state index is -0.344. The van der Waals surface area contributed by atoms with Crippen molar-refractivity contribution in [2.24, 2.45) is 0 Å². The second-order valence-electron chi connectivity index (χ2n) is 5.92. The summed E-state index contributed by atoms with van der Waals surface area (Å²) in [4.78, 5) is 8.38. The normalized spacial score (nSPS) is 15.9. The van der Waals surface area contributed by atoms with Crippen molar-refractivity contribution >= 4 is 23.0 Å². The van der Waals surface area contributed by atoms with Gasteiger partial charge in [-0.2, -0.15) is 0 Å². The Balaban J connectivity index is 1.76. The van der Waals surface area contributed by atoms with Crippen LogP contribution in [0.4, 0.5) is 27.4 Å². The molecule has 0 bridgehead atoms. The summed E-state index contributed by atoms with van der Waals surface area (Å²) in [6.07, 6.45) is 8.72. The number of rotatable bonds is 4. The summed E-state index contributed by atoms with van der Waals surface area (Å²) in [5, 5.41) is 6.36. The SMILES string of the molecule is Nc1c(Nc2ccccc2F)ncnc1NC1CCCCCC1. The maximum absolute atomic E-state index is 13.8. The predicted molar refractivity (Wildman–Crippen MR) is 91.2 cm³/mol. The number of benzene rings is 1. The zero-order chi connectivity index (χ0) is 16.1. The van der Waals surface area contributed by atoms with Gasteiger partial charge in [-0.1, -0.05) is 37.8 Å². The third-order valence-electron chi connectivity index (χ3n) is 4.21. The fraction of sp³-hybridized carbons (Fsp3) is 0.412. The number of nitrogens with one attached hydrogen (secondary N) is 2. The van der Waals surface area contributed by atoms with E-state index in [4.69, 9.17) is 5.73 Å². The molecule has 0 saturated heterocycles. The molecule has 23 heavy (non-hydrogen) atoms. The second-order valence-corrected chi connectivity index (χ2v) is 5.92. The molecule has 6 heteroatoms. The first-order valence-corrected chi connectivity index (χ1v) is 8.12. The van der Waals surface area contributed by atoms with Crippen LogP contribution in [0.1, 0.15) is 38.5 Å². The number of para-hydroxylation sites is 1. The first-order chi connectivity index (χ1) is 11.2. The van der Waals surface area contributed by atoms with Crippen LogP contribution in [0.5, 0.6) is 0 Å². The highest BCUT2D eigenvalue weighted by atomic mass is 19.1. The number of nitrogen functional groups attached to an aromatic ring is 1. The Kier molecular flexibility index (Phi) is 4.90. The number of nitrogens with two attached hydrogens (primary N) is 1. The molecule has 1 saturated carbocycles. The van der Waals surface area contributed by atoms with Gasteiger partial charge in [0.15, 0.2) is 11.6 Å². The van der Waals surface area contributed by atoms with Crippen LogP contribution < -0.4 is 16.4 Å². The van der Waals surface area contributed by atoms with Crippen molar-refractivity contribution in [1.29, 1.82) is 0 Å². The van der Waals surface area contributed by atoms with Gasteiger partial charge in [0.1, 0.15) is 17.8 Å². The van der Waals surface area contributed by atoms with E-state index in [1.54, 1.807) is 18.2 Å². The molecule has 0 atom stereocenters. The number of halogens is 1. The highest BCUT2D eigenvalue weighted by Gasteiger charge is 2.16. The zero-order valence-corrected chi connectivity index (χ0v) is 13.1. The Morgan fingerprint density at radius 1 is 1.00 bits per heavy atom. The largest absolute Gasteiger partial charge is 0.393 e. The van der Waals surface area contributed by atoms with Gasteiger partial charge in [-0.15, -0.1) is 0 Å². The lowest BCUT2D eigenvalue weighted by atomic mass is 10.1. The Bertz CT molecular complexity index is 653. The van der Waals surface area contributed by atoms with Gasteiger partial charge in [0.05, 0.1) is 5.69 Å². The number of anilines is 4. The Labute approximate surface area is 135 Å². The van der Waals surface area contributed by atoms with Gasteiger partial charge >= 0.3 is 0 Å². The average molecular weight is 315 g/mol. The molecule has 0 spiro atoms. The van der Waals surface area contributed by atoms with E-state index < -0.39 is 0 Å². The van der Waals surface area contributed by atoms with Gasteiger partial charge in [0, 0.05) is 6.04 Å². The number of hydrogen-bond donors (Lipinski definition) is 3. The third-order valence-corrected chi connectivity index (χ3v) is 4.21. The fourth-order valence-corrected chi connectivity index (χ4v) is 2.92. The highest BCUT2D eigenvalue weighted by Crippen LogP contribution is 2.29. The quantitative estimate of drug-likeness (QED) is 0.741. The summed E-state index contributed by atoms with van der Waals surface area (Å²) in [5.74, 6) is 0.691. The van der Waals surface area contributed by atoms with Crippen LogP contribution in [0, 0.1) is 5.82 Å². The van der Waals surface area contributed by atoms with E-state index in [9.17, 15) is 4.39 Å². The zero-order valence-electron chi connectivity index (χ0n) is 13.1. The second kappa shape index (κ2) is 7.26. The third kappa shape index (κ3) is 3.88. The van der Waals surface area contributed by atoms with E-state index in [1.807, 2.05) is 0 Å². The molecule has 0 radical (unpaired) electrons. The summed E-state index contributed by atoms with van der Waals surface area (Å²) < 4.78 is 13.8. The highest BCUT2D eigenvalue weighted by molar-refractivity contribution is 5.77. The van der Waals surface area contributed by atoms with E-state index in [0.29, 0.717) is 29.1 Å². The Hall–Kier alpha value is -2.37. The van der Waals surface area contributed by atoms with Crippen LogP contribution in [0.25, 0.3) is 0 Å². The molecule has 3 rings (SSSR count). The summed E-state index contributed by atoms with van der Waals surface area (Å²) in [6.45, 7) is 0. The van der Waals surface area contributed by atoms with Crippen molar-refractivity contribution < 1.29 is 4.39 Å². The molecule has 0 unspecified atom stereocenters. The minimum absolute atomic E-state index is 0.344. The van der Waals surface area contributed by atoms with Crippen molar-refractivity contribution in [3.8, 4) is 0 Å². The van der Waals surface area contributed by atoms with Gasteiger partial charge in [0.25, 0.3) is 0 Å². The van der Waals surface area contributed by atoms with Crippen LogP contribution in [0.2, 0.25) is 0 Å². The van der Waals surface area contributed by atoms with E-state index >= 15 is 0 Å². The lowest BCUT2D eigenvalue weighted by Crippen LogP contribution is -2.20. The van der Waals surface area contributed by atoms with Gasteiger partial charge in [-0.05, 0) is 25.0 Å². The van der Waals surface area contributed by atoms with E-state index in [0.717, 1.165) is 12.8 Å². The van der Waals surface area contributed by atoms with Crippen LogP contribution in [0.3, 0.4) is 0 Å². The number of hydrogen-bond acceptors (Lipinski definition) is 5. The van der Waals surface area contributed by atoms with Crippen molar-refractivity contribution in [2.75, 3.05) is 16.4 Å². The lowest BCUT2D eigenvalue weighted by molar-refractivity contribution is 0.618. The van der Waals surface area contributed by atoms with E-state index in [-0.39, 0.29) is 5.82 Å². The first kappa shape index (κ1) is 15.5. The molecule has 4 N–H and O–H groups in total. The molecule has 122 valence electrons. The maximum Gasteiger partial charge on any atom is 0.159 e. The summed E-state index contributed by atoms with van der Waals surface area (Å²) in [7, 11) is 0. The van der Waals surface area contributed by atoms with Crippen LogP contribution >= 0.6 is 0 Å². The van der Waals surface area contributed by atoms with Gasteiger partial charge in [-0.25, -0.2) is 14.4 Å². The van der Waals surface area contributed by atoms with Gasteiger partial charge in [0.2, 0.25) is 0 Å². The van der Waals surface area contributed by atoms with Crippen LogP contribution in [-0.4, -0.2) is 16.0 Å². The molecule has 1 aliphatic rings. The van der Waals surface area contributed by atoms with Crippen molar-refractivity contribution in [3.05, 3.63) is 36.4 Å². The van der Waals surface area contributed by atoms with Crippen molar-refractivity contribution in [1.82, 2.24) is 9.97 Å². The van der Waals surface area contributed by atoms with E-state index in [1.165, 1.54) is 38.1 Å². The molecule has 0 aliphatic heterocycles. The van der Waals surface area contributed by atoms with Crippen molar-refractivity contribution in [2.45, 2.75) is 44.6 Å². The molecular formula is C17H22FN5. The average Bonchev–Trinajstić information content (AvgIpc) is 2.82. The minimum Gasteiger partial charge on any atom is -0.393 e. The molecule has 1 fully saturated rings. The van der Waals surface area contributed by atoms with Crippen LogP contribution in [-0.2, 0) is 0 Å². The molecule has 5 nitrogen and oxygen atoms in total. The number of aromatic nitrogens is 2. The molecular weight excluding hydrogens is 293 g/mol. The van der Waals surface area contributed by atoms with Crippen LogP contribution in [0.15, 0.2) is 30.6 Å². The first-order valence-electron chi connectivity index (χ1n) is 8.12. The topological polar surface area (TPSA) is 75.9 Å². The van der Waals surface area contributed by atoms with Crippen molar-refractivity contribution in [3.63, 3.8) is 0 Å². The monoisotopic (exact) mass is 315 g/mol. The molecule has 1 aromatic heterocycles. The predicted octanol–water partition coefficient (Wildman–Crippen LogP) is 4.08. The Morgan fingerprint density at radius 2 is 1.70 bits per heavy atom. The molecule has 1 aliphatic carbocycles. The summed E-state index contributed by atoms with van der Waals surface area (Å²) >= 11 is 0. The molecule has 2 aromatic rings. The summed E-state index contributed by atoms with van der Waals surface area (Å²) in [6, 6.07) is 6.83. The molecule has 1 heterocycles. The van der Waals surface area contributed by atoms with Gasteiger partial charge in [-0.3, -0.25) is 0 Å². The molecule has 1 aromatic carbocycles. The molecule has 0 amide bonds.